The molecule has 1 aromatic rings. The second-order valence-corrected chi connectivity index (χ2v) is 8.31. The number of esters is 1. The van der Waals surface area contributed by atoms with E-state index in [4.69, 9.17) is 14.2 Å². The summed E-state index contributed by atoms with van der Waals surface area (Å²) in [6, 6.07) is 1.08. The minimum absolute atomic E-state index is 0.0682. The van der Waals surface area contributed by atoms with Crippen LogP contribution >= 0.6 is 0 Å². The quantitative estimate of drug-likeness (QED) is 0.174. The summed E-state index contributed by atoms with van der Waals surface area (Å²) in [5.74, 6) is -0.998. The van der Waals surface area contributed by atoms with Crippen LogP contribution in [0, 0.1) is 0 Å². The van der Waals surface area contributed by atoms with Crippen molar-refractivity contribution in [1.29, 1.82) is 0 Å². The average molecular weight is 501 g/mol. The minimum atomic E-state index is -1.81. The van der Waals surface area contributed by atoms with Crippen molar-refractivity contribution >= 4 is 11.9 Å². The Morgan fingerprint density at radius 3 is 2.66 bits per heavy atom. The molecule has 1 fully saturated rings. The molecule has 198 valence electrons. The molecule has 1 saturated heterocycles. The number of halogens is 1. The third-order valence-corrected chi connectivity index (χ3v) is 5.61. The first-order valence-electron chi connectivity index (χ1n) is 12.2. The van der Waals surface area contributed by atoms with Gasteiger partial charge in [0.1, 0.15) is 6.10 Å². The third kappa shape index (κ3) is 9.54. The van der Waals surface area contributed by atoms with Gasteiger partial charge >= 0.3 is 11.7 Å². The monoisotopic (exact) mass is 500 g/mol. The van der Waals surface area contributed by atoms with Gasteiger partial charge in [0.05, 0.1) is 13.2 Å². The number of hydrogen-bond donors (Lipinski definition) is 3. The number of aromatic amines is 1. The van der Waals surface area contributed by atoms with E-state index in [1.807, 2.05) is 11.9 Å². The molecule has 2 rings (SSSR count). The summed E-state index contributed by atoms with van der Waals surface area (Å²) in [5.41, 5.74) is -1.43. The van der Waals surface area contributed by atoms with Gasteiger partial charge in [0.2, 0.25) is 5.91 Å². The summed E-state index contributed by atoms with van der Waals surface area (Å²) >= 11 is 0. The number of alkyl halides is 1. The number of carbonyl (C=O) groups excluding carboxylic acids is 2. The molecular formula is C23H37FN4O7. The molecule has 12 heteroatoms. The van der Waals surface area contributed by atoms with Gasteiger partial charge < -0.3 is 19.5 Å². The van der Waals surface area contributed by atoms with Crippen LogP contribution in [0.2, 0.25) is 0 Å². The zero-order chi connectivity index (χ0) is 25.6. The van der Waals surface area contributed by atoms with Crippen LogP contribution in [0.25, 0.3) is 0 Å². The van der Waals surface area contributed by atoms with E-state index in [-0.39, 0.29) is 18.7 Å². The lowest BCUT2D eigenvalue weighted by molar-refractivity contribution is -0.154. The topological polar surface area (TPSA) is 141 Å². The fourth-order valence-electron chi connectivity index (χ4n) is 3.69. The van der Waals surface area contributed by atoms with Gasteiger partial charge in [-0.15, -0.1) is 0 Å². The Labute approximate surface area is 203 Å². The van der Waals surface area contributed by atoms with Crippen molar-refractivity contribution in [1.82, 2.24) is 20.2 Å². The van der Waals surface area contributed by atoms with Crippen LogP contribution in [-0.2, 0) is 23.8 Å². The standard InChI is InChI=1S/C23H37FN4O7/c1-3-16-21(20(24)22(34-16)28-13-11-18(30)27-23(28)32)35-19(31)10-9-17(29)26-12-7-5-6-8-14-33-15-25-4-2/h11,13,16,20-22,25H,3-10,12,14-15H2,1-2H3,(H,26,29)(H,27,30,32)/t16-,20?,21+,22-/m1/s1. The van der Waals surface area contributed by atoms with Gasteiger partial charge in [0.15, 0.2) is 18.5 Å². The number of aromatic nitrogens is 2. The molecule has 1 unspecified atom stereocenters. The molecule has 1 aromatic heterocycles. The first-order valence-corrected chi connectivity index (χ1v) is 12.2. The molecule has 4 atom stereocenters. The summed E-state index contributed by atoms with van der Waals surface area (Å²) in [6.45, 7) is 6.41. The van der Waals surface area contributed by atoms with E-state index in [2.05, 4.69) is 10.6 Å². The molecule has 0 radical (unpaired) electrons. The van der Waals surface area contributed by atoms with Gasteiger partial charge in [-0.05, 0) is 25.8 Å². The lowest BCUT2D eigenvalue weighted by atomic mass is 10.1. The molecule has 0 spiro atoms. The maximum absolute atomic E-state index is 15.0. The highest BCUT2D eigenvalue weighted by molar-refractivity contribution is 5.81. The SMILES string of the molecule is CCNCOCCCCCCNC(=O)CCC(=O)O[C@@H]1C(F)[C@H](n2ccc(=O)[nH]c2=O)O[C@@H]1CC. The molecule has 1 amide bonds. The van der Waals surface area contributed by atoms with Crippen LogP contribution in [0.5, 0.6) is 0 Å². The Morgan fingerprint density at radius 2 is 1.94 bits per heavy atom. The number of H-pyrrole nitrogens is 1. The average Bonchev–Trinajstić information content (AvgIpc) is 3.14. The van der Waals surface area contributed by atoms with Crippen molar-refractivity contribution in [2.75, 3.05) is 26.4 Å². The summed E-state index contributed by atoms with van der Waals surface area (Å²) in [5, 5.41) is 5.85. The maximum Gasteiger partial charge on any atom is 0.330 e. The summed E-state index contributed by atoms with van der Waals surface area (Å²) < 4.78 is 32.2. The van der Waals surface area contributed by atoms with Crippen LogP contribution in [0.1, 0.15) is 65.0 Å². The maximum atomic E-state index is 15.0. The zero-order valence-corrected chi connectivity index (χ0v) is 20.4. The Morgan fingerprint density at radius 1 is 1.17 bits per heavy atom. The van der Waals surface area contributed by atoms with Crippen LogP contribution in [0.3, 0.4) is 0 Å². The number of carbonyl (C=O) groups is 2. The van der Waals surface area contributed by atoms with E-state index in [9.17, 15) is 19.2 Å². The number of hydrogen-bond acceptors (Lipinski definition) is 8. The number of unbranched alkanes of at least 4 members (excludes halogenated alkanes) is 3. The van der Waals surface area contributed by atoms with E-state index in [0.29, 0.717) is 26.3 Å². The Hall–Kier alpha value is -2.57. The highest BCUT2D eigenvalue weighted by atomic mass is 19.1. The van der Waals surface area contributed by atoms with Crippen LogP contribution in [0.4, 0.5) is 4.39 Å². The molecule has 3 N–H and O–H groups in total. The number of nitrogens with one attached hydrogen (secondary N) is 3. The molecule has 0 aliphatic carbocycles. The smallest absolute Gasteiger partial charge is 0.330 e. The fraction of sp³-hybridized carbons (Fsp3) is 0.739. The first-order chi connectivity index (χ1) is 16.9. The molecule has 35 heavy (non-hydrogen) atoms. The van der Waals surface area contributed by atoms with E-state index in [0.717, 1.165) is 49.1 Å². The molecule has 0 saturated carbocycles. The lowest BCUT2D eigenvalue weighted by Gasteiger charge is -2.18. The highest BCUT2D eigenvalue weighted by Gasteiger charge is 2.48. The van der Waals surface area contributed by atoms with Crippen molar-refractivity contribution in [3.63, 3.8) is 0 Å². The fourth-order valence-corrected chi connectivity index (χ4v) is 3.69. The molecule has 1 aliphatic heterocycles. The summed E-state index contributed by atoms with van der Waals surface area (Å²) in [6.07, 6.45) is -0.150. The van der Waals surface area contributed by atoms with Gasteiger partial charge in [-0.3, -0.25) is 29.3 Å². The molecule has 1 aliphatic rings. The molecule has 0 bridgehead atoms. The largest absolute Gasteiger partial charge is 0.456 e. The van der Waals surface area contributed by atoms with Crippen LogP contribution < -0.4 is 21.9 Å². The number of amides is 1. The van der Waals surface area contributed by atoms with Gasteiger partial charge in [0, 0.05) is 31.8 Å². The van der Waals surface area contributed by atoms with Crippen molar-refractivity contribution in [2.45, 2.75) is 83.4 Å². The predicted molar refractivity (Wildman–Crippen MR) is 126 cm³/mol. The van der Waals surface area contributed by atoms with E-state index in [1.165, 1.54) is 0 Å². The second kappa shape index (κ2) is 15.4. The van der Waals surface area contributed by atoms with Crippen LogP contribution in [0.15, 0.2) is 21.9 Å². The number of rotatable bonds is 16. The van der Waals surface area contributed by atoms with Crippen LogP contribution in [-0.4, -0.2) is 66.2 Å². The van der Waals surface area contributed by atoms with Gasteiger partial charge in [-0.1, -0.05) is 26.7 Å². The predicted octanol–water partition coefficient (Wildman–Crippen LogP) is 1.13. The van der Waals surface area contributed by atoms with Gasteiger partial charge in [-0.25, -0.2) is 9.18 Å². The molecule has 2 heterocycles. The van der Waals surface area contributed by atoms with Crippen molar-refractivity contribution < 1.29 is 28.2 Å². The summed E-state index contributed by atoms with van der Waals surface area (Å²) in [4.78, 5) is 49.5. The molecule has 0 aromatic carbocycles. The van der Waals surface area contributed by atoms with E-state index in [1.54, 1.807) is 6.92 Å². The third-order valence-electron chi connectivity index (χ3n) is 5.61. The van der Waals surface area contributed by atoms with Gasteiger partial charge in [-0.2, -0.15) is 0 Å². The van der Waals surface area contributed by atoms with E-state index < -0.39 is 41.8 Å². The lowest BCUT2D eigenvalue weighted by Crippen LogP contribution is -2.37. The Bertz CT molecular complexity index is 906. The minimum Gasteiger partial charge on any atom is -0.456 e. The molecule has 11 nitrogen and oxygen atoms in total. The summed E-state index contributed by atoms with van der Waals surface area (Å²) in [7, 11) is 0. The highest BCUT2D eigenvalue weighted by Crippen LogP contribution is 2.34. The second-order valence-electron chi connectivity index (χ2n) is 8.31. The Kier molecular flexibility index (Phi) is 12.6. The normalized spacial score (nSPS) is 21.7. The van der Waals surface area contributed by atoms with Gasteiger partial charge in [0.25, 0.3) is 5.56 Å². The molecular weight excluding hydrogens is 463 g/mol. The van der Waals surface area contributed by atoms with Crippen molar-refractivity contribution in [3.05, 3.63) is 33.1 Å². The van der Waals surface area contributed by atoms with Crippen molar-refractivity contribution in [2.24, 2.45) is 0 Å². The number of nitrogens with zero attached hydrogens (tertiary/aromatic N) is 1. The van der Waals surface area contributed by atoms with E-state index >= 15 is 4.39 Å². The first kappa shape index (κ1) is 28.7. The Balaban J connectivity index is 1.67. The number of ether oxygens (including phenoxy) is 3. The van der Waals surface area contributed by atoms with Crippen molar-refractivity contribution in [3.8, 4) is 0 Å². The zero-order valence-electron chi connectivity index (χ0n) is 20.4.